The molecule has 0 aliphatic carbocycles. The van der Waals surface area contributed by atoms with Crippen molar-refractivity contribution in [2.24, 2.45) is 0 Å². The van der Waals surface area contributed by atoms with Crippen LogP contribution >= 0.6 is 0 Å². The Kier molecular flexibility index (Phi) is 8.22. The minimum atomic E-state index is -0.930. The van der Waals surface area contributed by atoms with E-state index >= 15 is 0 Å². The number of ketones is 1. The first kappa shape index (κ1) is 21.6. The lowest BCUT2D eigenvalue weighted by atomic mass is 9.99. The van der Waals surface area contributed by atoms with Crippen LogP contribution in [0.25, 0.3) is 0 Å². The van der Waals surface area contributed by atoms with Crippen LogP contribution < -0.4 is 5.32 Å². The van der Waals surface area contributed by atoms with Crippen molar-refractivity contribution in [2.75, 3.05) is 6.61 Å². The number of Topliss-reactive ketones (excluding diaryl/α,β-unsaturated/α-hetero) is 1. The fraction of sp³-hybridized carbons (Fsp3) is 0.526. The smallest absolute Gasteiger partial charge is 0.408 e. The molecular formula is C19H26FNO5. The summed E-state index contributed by atoms with van der Waals surface area (Å²) < 4.78 is 23.4. The molecule has 1 amide bonds. The maximum absolute atomic E-state index is 13.4. The molecule has 0 saturated carbocycles. The van der Waals surface area contributed by atoms with Gasteiger partial charge < -0.3 is 14.8 Å². The Morgan fingerprint density at radius 2 is 1.88 bits per heavy atom. The van der Waals surface area contributed by atoms with Gasteiger partial charge in [0, 0.05) is 6.42 Å². The first-order valence-electron chi connectivity index (χ1n) is 8.53. The zero-order chi connectivity index (χ0) is 19.7. The molecule has 1 unspecified atom stereocenters. The SMILES string of the molecule is CCOC(=O)CCC(=O)C(Cc1cccc(F)c1)NC(=O)OC(C)(C)C. The van der Waals surface area contributed by atoms with E-state index in [4.69, 9.17) is 9.47 Å². The van der Waals surface area contributed by atoms with E-state index in [0.717, 1.165) is 0 Å². The molecule has 7 heteroatoms. The molecule has 0 heterocycles. The fourth-order valence-corrected chi connectivity index (χ4v) is 2.23. The van der Waals surface area contributed by atoms with Crippen LogP contribution in [-0.4, -0.2) is 36.1 Å². The summed E-state index contributed by atoms with van der Waals surface area (Å²) in [6.07, 6.45) is -0.821. The predicted octanol–water partition coefficient (Wildman–Crippen LogP) is 3.17. The molecule has 0 aromatic heterocycles. The molecule has 0 bridgehead atoms. The highest BCUT2D eigenvalue weighted by atomic mass is 19.1. The van der Waals surface area contributed by atoms with Gasteiger partial charge in [0.05, 0.1) is 19.1 Å². The predicted molar refractivity (Wildman–Crippen MR) is 94.1 cm³/mol. The Labute approximate surface area is 153 Å². The van der Waals surface area contributed by atoms with Gasteiger partial charge in [0.2, 0.25) is 0 Å². The number of rotatable bonds is 8. The number of hydrogen-bond donors (Lipinski definition) is 1. The lowest BCUT2D eigenvalue weighted by Gasteiger charge is -2.23. The highest BCUT2D eigenvalue weighted by Gasteiger charge is 2.25. The number of carbonyl (C=O) groups is 3. The van der Waals surface area contributed by atoms with Crippen molar-refractivity contribution in [3.63, 3.8) is 0 Å². The van der Waals surface area contributed by atoms with E-state index in [1.165, 1.54) is 18.2 Å². The Morgan fingerprint density at radius 3 is 2.46 bits per heavy atom. The molecule has 1 N–H and O–H groups in total. The Bertz CT molecular complexity index is 639. The van der Waals surface area contributed by atoms with Gasteiger partial charge in [-0.25, -0.2) is 9.18 Å². The maximum atomic E-state index is 13.4. The van der Waals surface area contributed by atoms with Crippen LogP contribution in [0.15, 0.2) is 24.3 Å². The van der Waals surface area contributed by atoms with Gasteiger partial charge in [-0.3, -0.25) is 9.59 Å². The van der Waals surface area contributed by atoms with E-state index in [9.17, 15) is 18.8 Å². The van der Waals surface area contributed by atoms with E-state index in [-0.39, 0.29) is 31.7 Å². The van der Waals surface area contributed by atoms with Gasteiger partial charge in [0.1, 0.15) is 11.4 Å². The van der Waals surface area contributed by atoms with Crippen LogP contribution in [0.5, 0.6) is 0 Å². The molecule has 0 spiro atoms. The summed E-state index contributed by atoms with van der Waals surface area (Å²) in [7, 11) is 0. The summed E-state index contributed by atoms with van der Waals surface area (Å²) in [5.41, 5.74) is -0.169. The van der Waals surface area contributed by atoms with Crippen LogP contribution in [0.4, 0.5) is 9.18 Å². The summed E-state index contributed by atoms with van der Waals surface area (Å²) in [6.45, 7) is 7.02. The number of benzene rings is 1. The molecule has 0 aliphatic rings. The molecule has 144 valence electrons. The maximum Gasteiger partial charge on any atom is 0.408 e. The third-order valence-corrected chi connectivity index (χ3v) is 3.29. The van der Waals surface area contributed by atoms with Crippen LogP contribution in [0.3, 0.4) is 0 Å². The van der Waals surface area contributed by atoms with Crippen molar-refractivity contribution >= 4 is 17.8 Å². The fourth-order valence-electron chi connectivity index (χ4n) is 2.23. The summed E-state index contributed by atoms with van der Waals surface area (Å²) in [4.78, 5) is 35.9. The van der Waals surface area contributed by atoms with Crippen LogP contribution in [0, 0.1) is 5.82 Å². The second-order valence-electron chi connectivity index (χ2n) is 6.80. The Balaban J connectivity index is 2.81. The van der Waals surface area contributed by atoms with Crippen molar-refractivity contribution in [1.29, 1.82) is 0 Å². The van der Waals surface area contributed by atoms with Gasteiger partial charge in [-0.15, -0.1) is 0 Å². The third kappa shape index (κ3) is 8.60. The van der Waals surface area contributed by atoms with E-state index in [1.807, 2.05) is 0 Å². The molecular weight excluding hydrogens is 341 g/mol. The van der Waals surface area contributed by atoms with E-state index in [2.05, 4.69) is 5.32 Å². The number of esters is 1. The average molecular weight is 367 g/mol. The van der Waals surface area contributed by atoms with Crippen molar-refractivity contribution < 1.29 is 28.2 Å². The number of nitrogens with one attached hydrogen (secondary N) is 1. The standard InChI is InChI=1S/C19H26FNO5/c1-5-25-17(23)10-9-16(22)15(21-18(24)26-19(2,3)4)12-13-7-6-8-14(20)11-13/h6-8,11,15H,5,9-10,12H2,1-4H3,(H,21,24). The lowest BCUT2D eigenvalue weighted by molar-refractivity contribution is -0.144. The van der Waals surface area contributed by atoms with Gasteiger partial charge in [-0.2, -0.15) is 0 Å². The van der Waals surface area contributed by atoms with Gasteiger partial charge >= 0.3 is 12.1 Å². The lowest BCUT2D eigenvalue weighted by Crippen LogP contribution is -2.44. The molecule has 1 aromatic rings. The van der Waals surface area contributed by atoms with Gasteiger partial charge in [-0.1, -0.05) is 12.1 Å². The molecule has 6 nitrogen and oxygen atoms in total. The van der Waals surface area contributed by atoms with Crippen molar-refractivity contribution in [3.8, 4) is 0 Å². The summed E-state index contributed by atoms with van der Waals surface area (Å²) in [5.74, 6) is -1.27. The van der Waals surface area contributed by atoms with Crippen LogP contribution in [0.1, 0.15) is 46.1 Å². The zero-order valence-corrected chi connectivity index (χ0v) is 15.6. The molecule has 1 rings (SSSR count). The second-order valence-corrected chi connectivity index (χ2v) is 6.80. The largest absolute Gasteiger partial charge is 0.466 e. The van der Waals surface area contributed by atoms with Crippen LogP contribution in [-0.2, 0) is 25.5 Å². The number of hydrogen-bond acceptors (Lipinski definition) is 5. The number of carbonyl (C=O) groups excluding carboxylic acids is 3. The minimum absolute atomic E-state index is 0.0810. The van der Waals surface area contributed by atoms with Crippen molar-refractivity contribution in [1.82, 2.24) is 5.32 Å². The normalized spacial score (nSPS) is 12.2. The van der Waals surface area contributed by atoms with Crippen LogP contribution in [0.2, 0.25) is 0 Å². The number of alkyl carbamates (subject to hydrolysis) is 1. The summed E-state index contributed by atoms with van der Waals surface area (Å²) in [6, 6.07) is 4.84. The summed E-state index contributed by atoms with van der Waals surface area (Å²) in [5, 5.41) is 2.51. The van der Waals surface area contributed by atoms with E-state index in [1.54, 1.807) is 33.8 Å². The van der Waals surface area contributed by atoms with Gasteiger partial charge in [0.15, 0.2) is 5.78 Å². The number of ether oxygens (including phenoxy) is 2. The highest BCUT2D eigenvalue weighted by molar-refractivity contribution is 5.89. The summed E-state index contributed by atoms with van der Waals surface area (Å²) >= 11 is 0. The molecule has 1 atom stereocenters. The van der Waals surface area contributed by atoms with E-state index in [0.29, 0.717) is 5.56 Å². The number of amides is 1. The monoisotopic (exact) mass is 367 g/mol. The van der Waals surface area contributed by atoms with E-state index < -0.39 is 29.5 Å². The molecule has 0 aliphatic heterocycles. The number of halogens is 1. The molecule has 0 saturated heterocycles. The Hall–Kier alpha value is -2.44. The molecule has 0 radical (unpaired) electrons. The Morgan fingerprint density at radius 1 is 1.19 bits per heavy atom. The zero-order valence-electron chi connectivity index (χ0n) is 15.6. The molecule has 0 fully saturated rings. The molecule has 26 heavy (non-hydrogen) atoms. The second kappa shape index (κ2) is 9.89. The third-order valence-electron chi connectivity index (χ3n) is 3.29. The first-order chi connectivity index (χ1) is 12.1. The van der Waals surface area contributed by atoms with Gasteiger partial charge in [0.25, 0.3) is 0 Å². The quantitative estimate of drug-likeness (QED) is 0.714. The highest BCUT2D eigenvalue weighted by Crippen LogP contribution is 2.11. The average Bonchev–Trinajstić information content (AvgIpc) is 2.50. The topological polar surface area (TPSA) is 81.7 Å². The van der Waals surface area contributed by atoms with Crippen molar-refractivity contribution in [2.45, 2.75) is 58.6 Å². The minimum Gasteiger partial charge on any atom is -0.466 e. The molecule has 1 aromatic carbocycles. The van der Waals surface area contributed by atoms with Crippen molar-refractivity contribution in [3.05, 3.63) is 35.6 Å². The first-order valence-corrected chi connectivity index (χ1v) is 8.53. The van der Waals surface area contributed by atoms with Gasteiger partial charge in [-0.05, 0) is 51.8 Å².